The highest BCUT2D eigenvalue weighted by atomic mass is 32.2. The van der Waals surface area contributed by atoms with E-state index in [0.29, 0.717) is 11.1 Å². The number of allylic oxidation sites excluding steroid dienone is 1. The highest BCUT2D eigenvalue weighted by molar-refractivity contribution is 7.87. The van der Waals surface area contributed by atoms with Crippen LogP contribution in [0.15, 0.2) is 59.5 Å². The van der Waals surface area contributed by atoms with Crippen molar-refractivity contribution >= 4 is 28.1 Å². The lowest BCUT2D eigenvalue weighted by atomic mass is 10.0. The van der Waals surface area contributed by atoms with E-state index in [1.165, 1.54) is 31.4 Å². The SMILES string of the molecule is C=CCc1cc(C=C(C(=O)OC)C(=O)OC)cc(OC)c1OS(=O)(=O)c1ccc(C)cc1. The van der Waals surface area contributed by atoms with E-state index in [-0.39, 0.29) is 28.4 Å². The van der Waals surface area contributed by atoms with Crippen LogP contribution in [0.25, 0.3) is 6.08 Å². The normalized spacial score (nSPS) is 10.6. The number of rotatable bonds is 9. The maximum absolute atomic E-state index is 12.8. The number of hydrogen-bond donors (Lipinski definition) is 0. The average molecular weight is 461 g/mol. The van der Waals surface area contributed by atoms with Gasteiger partial charge in [0.1, 0.15) is 10.5 Å². The number of ether oxygens (including phenoxy) is 3. The highest BCUT2D eigenvalue weighted by Gasteiger charge is 2.24. The van der Waals surface area contributed by atoms with Crippen LogP contribution in [0.5, 0.6) is 11.5 Å². The van der Waals surface area contributed by atoms with E-state index < -0.39 is 22.1 Å². The molecule has 2 aromatic carbocycles. The van der Waals surface area contributed by atoms with Gasteiger partial charge >= 0.3 is 22.1 Å². The number of carbonyl (C=O) groups excluding carboxylic acids is 2. The average Bonchev–Trinajstić information content (AvgIpc) is 2.78. The van der Waals surface area contributed by atoms with Gasteiger partial charge in [0, 0.05) is 5.56 Å². The molecule has 2 rings (SSSR count). The fourth-order valence-corrected chi connectivity index (χ4v) is 3.74. The Kier molecular flexibility index (Phi) is 8.20. The number of carbonyl (C=O) groups is 2. The second kappa shape index (κ2) is 10.6. The summed E-state index contributed by atoms with van der Waals surface area (Å²) in [5, 5.41) is 0. The summed E-state index contributed by atoms with van der Waals surface area (Å²) >= 11 is 0. The molecule has 0 fully saturated rings. The molecule has 0 aromatic heterocycles. The predicted octanol–water partition coefficient (Wildman–Crippen LogP) is 3.23. The van der Waals surface area contributed by atoms with Gasteiger partial charge in [0.25, 0.3) is 0 Å². The van der Waals surface area contributed by atoms with Crippen molar-refractivity contribution in [3.05, 3.63) is 71.3 Å². The van der Waals surface area contributed by atoms with Crippen molar-refractivity contribution in [2.24, 2.45) is 0 Å². The van der Waals surface area contributed by atoms with Crippen LogP contribution >= 0.6 is 0 Å². The minimum absolute atomic E-state index is 0.0163. The molecule has 170 valence electrons. The second-order valence-corrected chi connectivity index (χ2v) is 8.14. The molecule has 0 saturated carbocycles. The zero-order chi connectivity index (χ0) is 23.9. The molecular weight excluding hydrogens is 436 g/mol. The van der Waals surface area contributed by atoms with Gasteiger partial charge in [-0.3, -0.25) is 0 Å². The van der Waals surface area contributed by atoms with Crippen molar-refractivity contribution in [1.82, 2.24) is 0 Å². The molecular formula is C23H24O8S. The van der Waals surface area contributed by atoms with Crippen molar-refractivity contribution in [3.8, 4) is 11.5 Å². The van der Waals surface area contributed by atoms with Gasteiger partial charge in [0.05, 0.1) is 21.3 Å². The summed E-state index contributed by atoms with van der Waals surface area (Å²) < 4.78 is 45.7. The quantitative estimate of drug-likeness (QED) is 0.140. The summed E-state index contributed by atoms with van der Waals surface area (Å²) in [6.07, 6.45) is 3.03. The molecule has 0 aliphatic rings. The number of methoxy groups -OCH3 is 3. The molecule has 0 aliphatic carbocycles. The smallest absolute Gasteiger partial charge is 0.345 e. The van der Waals surface area contributed by atoms with Gasteiger partial charge in [-0.15, -0.1) is 6.58 Å². The van der Waals surface area contributed by atoms with Gasteiger partial charge < -0.3 is 18.4 Å². The highest BCUT2D eigenvalue weighted by Crippen LogP contribution is 2.36. The summed E-state index contributed by atoms with van der Waals surface area (Å²) in [6, 6.07) is 9.19. The summed E-state index contributed by atoms with van der Waals surface area (Å²) in [7, 11) is -0.542. The van der Waals surface area contributed by atoms with Crippen molar-refractivity contribution < 1.29 is 36.4 Å². The largest absolute Gasteiger partial charge is 0.493 e. The monoisotopic (exact) mass is 460 g/mol. The van der Waals surface area contributed by atoms with Crippen LogP contribution in [0.4, 0.5) is 0 Å². The van der Waals surface area contributed by atoms with Gasteiger partial charge in [-0.1, -0.05) is 23.8 Å². The first-order valence-electron chi connectivity index (χ1n) is 9.38. The lowest BCUT2D eigenvalue weighted by molar-refractivity contribution is -0.143. The Bertz CT molecular complexity index is 1130. The molecule has 9 heteroatoms. The van der Waals surface area contributed by atoms with Crippen LogP contribution in [-0.2, 0) is 35.6 Å². The Balaban J connectivity index is 2.61. The lowest BCUT2D eigenvalue weighted by Crippen LogP contribution is -2.15. The van der Waals surface area contributed by atoms with Gasteiger partial charge in [-0.05, 0) is 49.2 Å². The molecule has 0 N–H and O–H groups in total. The molecule has 0 bridgehead atoms. The summed E-state index contributed by atoms with van der Waals surface area (Å²) in [5.41, 5.74) is 1.33. The molecule has 2 aromatic rings. The Labute approximate surface area is 187 Å². The molecule has 0 saturated heterocycles. The minimum atomic E-state index is -4.15. The number of aryl methyl sites for hydroxylation is 1. The van der Waals surface area contributed by atoms with E-state index in [9.17, 15) is 18.0 Å². The minimum Gasteiger partial charge on any atom is -0.493 e. The zero-order valence-corrected chi connectivity index (χ0v) is 19.0. The van der Waals surface area contributed by atoms with Crippen LogP contribution in [0.1, 0.15) is 16.7 Å². The molecule has 0 spiro atoms. The molecule has 0 unspecified atom stereocenters. The Hall–Kier alpha value is -3.59. The first kappa shape index (κ1) is 24.7. The first-order chi connectivity index (χ1) is 15.2. The van der Waals surface area contributed by atoms with E-state index in [0.717, 1.165) is 19.8 Å². The standard InChI is InChI=1S/C23H24O8S/c1-6-7-17-12-16(13-19(22(24)29-4)23(25)30-5)14-20(28-3)21(17)31-32(26,27)18-10-8-15(2)9-11-18/h6,8-14H,1,7H2,2-5H3. The van der Waals surface area contributed by atoms with E-state index in [4.69, 9.17) is 8.92 Å². The molecule has 0 atom stereocenters. The fraction of sp³-hybridized carbons (Fsp3) is 0.217. The maximum Gasteiger partial charge on any atom is 0.345 e. The molecule has 0 radical (unpaired) electrons. The van der Waals surface area contributed by atoms with E-state index >= 15 is 0 Å². The van der Waals surface area contributed by atoms with Crippen LogP contribution < -0.4 is 8.92 Å². The van der Waals surface area contributed by atoms with Gasteiger partial charge in [0.2, 0.25) is 0 Å². The predicted molar refractivity (Wildman–Crippen MR) is 118 cm³/mol. The number of benzene rings is 2. The van der Waals surface area contributed by atoms with Crippen LogP contribution in [-0.4, -0.2) is 41.7 Å². The molecule has 32 heavy (non-hydrogen) atoms. The Morgan fingerprint density at radius 2 is 1.59 bits per heavy atom. The van der Waals surface area contributed by atoms with Gasteiger partial charge in [-0.2, -0.15) is 8.42 Å². The summed E-state index contributed by atoms with van der Waals surface area (Å²) in [5.74, 6) is -1.71. The third-order valence-electron chi connectivity index (χ3n) is 4.36. The third-order valence-corrected chi connectivity index (χ3v) is 5.60. The third kappa shape index (κ3) is 5.76. The maximum atomic E-state index is 12.8. The first-order valence-corrected chi connectivity index (χ1v) is 10.8. The van der Waals surface area contributed by atoms with Crippen molar-refractivity contribution in [2.45, 2.75) is 18.2 Å². The van der Waals surface area contributed by atoms with Crippen molar-refractivity contribution in [1.29, 1.82) is 0 Å². The molecule has 8 nitrogen and oxygen atoms in total. The Morgan fingerprint density at radius 3 is 2.09 bits per heavy atom. The van der Waals surface area contributed by atoms with Gasteiger partial charge in [0.15, 0.2) is 11.5 Å². The number of hydrogen-bond acceptors (Lipinski definition) is 8. The van der Waals surface area contributed by atoms with Crippen LogP contribution in [0.3, 0.4) is 0 Å². The van der Waals surface area contributed by atoms with E-state index in [1.54, 1.807) is 24.3 Å². The molecule has 0 amide bonds. The topological polar surface area (TPSA) is 105 Å². The van der Waals surface area contributed by atoms with E-state index in [1.807, 2.05) is 6.92 Å². The van der Waals surface area contributed by atoms with Crippen LogP contribution in [0, 0.1) is 6.92 Å². The second-order valence-electron chi connectivity index (χ2n) is 6.60. The lowest BCUT2D eigenvalue weighted by Gasteiger charge is -2.16. The van der Waals surface area contributed by atoms with Gasteiger partial charge in [-0.25, -0.2) is 9.59 Å². The molecule has 0 heterocycles. The molecule has 0 aliphatic heterocycles. The summed E-state index contributed by atoms with van der Waals surface area (Å²) in [6.45, 7) is 5.52. The van der Waals surface area contributed by atoms with Crippen molar-refractivity contribution in [3.63, 3.8) is 0 Å². The number of esters is 2. The van der Waals surface area contributed by atoms with E-state index in [2.05, 4.69) is 16.1 Å². The summed E-state index contributed by atoms with van der Waals surface area (Å²) in [4.78, 5) is 23.9. The zero-order valence-electron chi connectivity index (χ0n) is 18.2. The van der Waals surface area contributed by atoms with Crippen LogP contribution in [0.2, 0.25) is 0 Å². The fourth-order valence-electron chi connectivity index (χ4n) is 2.77. The van der Waals surface area contributed by atoms with Crippen molar-refractivity contribution in [2.75, 3.05) is 21.3 Å². The Morgan fingerprint density at radius 1 is 1.00 bits per heavy atom.